The quantitative estimate of drug-likeness (QED) is 0.289. The van der Waals surface area contributed by atoms with E-state index in [9.17, 15) is 17.6 Å². The van der Waals surface area contributed by atoms with Gasteiger partial charge in [0.1, 0.15) is 28.8 Å². The number of nitrogens with one attached hydrogen (secondary N) is 1. The van der Waals surface area contributed by atoms with Crippen LogP contribution in [0.2, 0.25) is 0 Å². The van der Waals surface area contributed by atoms with Crippen LogP contribution >= 0.6 is 0 Å². The molecule has 13 heteroatoms. The number of hydrogen-bond acceptors (Lipinski definition) is 9. The molecule has 4 aromatic rings. The van der Waals surface area contributed by atoms with E-state index < -0.39 is 26.7 Å². The largest absolute Gasteiger partial charge is 0.494 e. The average molecular weight is 569 g/mol. The molecular weight excluding hydrogens is 539 g/mol. The topological polar surface area (TPSA) is 138 Å². The van der Waals surface area contributed by atoms with Crippen LogP contribution in [0.1, 0.15) is 35.9 Å². The number of methoxy groups -OCH3 is 2. The van der Waals surface area contributed by atoms with Crippen LogP contribution in [0.4, 0.5) is 4.39 Å². The number of hydrogen-bond donors (Lipinski definition) is 1. The maximum absolute atomic E-state index is 13.5. The molecule has 40 heavy (non-hydrogen) atoms. The highest BCUT2D eigenvalue weighted by Gasteiger charge is 2.29. The highest BCUT2D eigenvalue weighted by atomic mass is 32.2. The molecule has 0 aliphatic heterocycles. The normalized spacial score (nSPS) is 12.1. The van der Waals surface area contributed by atoms with Crippen molar-refractivity contribution < 1.29 is 27.1 Å². The van der Waals surface area contributed by atoms with Crippen LogP contribution in [0.15, 0.2) is 54.9 Å². The number of aromatic nitrogens is 5. The summed E-state index contributed by atoms with van der Waals surface area (Å²) in [4.78, 5) is 20.3. The van der Waals surface area contributed by atoms with E-state index in [1.54, 1.807) is 47.0 Å². The second kappa shape index (κ2) is 12.2. The number of amides is 1. The smallest absolute Gasteiger partial charge is 0.251 e. The third-order valence-electron chi connectivity index (χ3n) is 6.16. The maximum Gasteiger partial charge on any atom is 0.251 e. The minimum Gasteiger partial charge on any atom is -0.494 e. The number of halogens is 1. The van der Waals surface area contributed by atoms with E-state index in [1.807, 2.05) is 6.92 Å². The number of benzene rings is 2. The van der Waals surface area contributed by atoms with Crippen molar-refractivity contribution in [3.63, 3.8) is 0 Å². The fourth-order valence-corrected chi connectivity index (χ4v) is 5.33. The Morgan fingerprint density at radius 1 is 1.05 bits per heavy atom. The average Bonchev–Trinajstić information content (AvgIpc) is 3.36. The van der Waals surface area contributed by atoms with Gasteiger partial charge in [-0.25, -0.2) is 22.8 Å². The zero-order valence-electron chi connectivity index (χ0n) is 22.5. The molecule has 0 aliphatic carbocycles. The van der Waals surface area contributed by atoms with Crippen molar-refractivity contribution in [1.82, 2.24) is 30.0 Å². The summed E-state index contributed by atoms with van der Waals surface area (Å²) in [6, 6.07) is 11.9. The van der Waals surface area contributed by atoms with E-state index >= 15 is 0 Å². The van der Waals surface area contributed by atoms with E-state index in [-0.39, 0.29) is 29.8 Å². The molecule has 0 saturated carbocycles. The molecule has 4 rings (SSSR count). The van der Waals surface area contributed by atoms with Crippen molar-refractivity contribution in [2.24, 2.45) is 0 Å². The van der Waals surface area contributed by atoms with Gasteiger partial charge in [0.05, 0.1) is 31.9 Å². The summed E-state index contributed by atoms with van der Waals surface area (Å²) in [5.41, 5.74) is 1.33. The van der Waals surface area contributed by atoms with Crippen molar-refractivity contribution in [1.29, 1.82) is 0 Å². The third kappa shape index (κ3) is 6.09. The molecule has 2 aromatic carbocycles. The highest BCUT2D eigenvalue weighted by Crippen LogP contribution is 2.37. The minimum absolute atomic E-state index is 0.0177. The maximum atomic E-state index is 13.5. The van der Waals surface area contributed by atoms with Gasteiger partial charge in [0, 0.05) is 24.1 Å². The van der Waals surface area contributed by atoms with Crippen LogP contribution in [0, 0.1) is 5.82 Å². The lowest BCUT2D eigenvalue weighted by Gasteiger charge is -2.18. The molecule has 1 atom stereocenters. The van der Waals surface area contributed by atoms with Crippen molar-refractivity contribution in [3.8, 4) is 28.6 Å². The molecule has 0 spiro atoms. The van der Waals surface area contributed by atoms with Gasteiger partial charge in [-0.1, -0.05) is 18.2 Å². The lowest BCUT2D eigenvalue weighted by Crippen LogP contribution is -2.24. The molecule has 11 nitrogen and oxygen atoms in total. The van der Waals surface area contributed by atoms with Crippen LogP contribution in [0.5, 0.6) is 11.5 Å². The molecule has 2 heterocycles. The number of carbonyl (C=O) groups excluding carboxylic acids is 1. The molecule has 0 fully saturated rings. The number of rotatable bonds is 11. The van der Waals surface area contributed by atoms with Gasteiger partial charge in [-0.15, -0.1) is 10.2 Å². The van der Waals surface area contributed by atoms with Crippen molar-refractivity contribution in [2.45, 2.75) is 31.3 Å². The van der Waals surface area contributed by atoms with E-state index in [0.717, 1.165) is 12.4 Å². The van der Waals surface area contributed by atoms with Gasteiger partial charge in [-0.05, 0) is 38.1 Å². The van der Waals surface area contributed by atoms with Crippen LogP contribution in [0.3, 0.4) is 0 Å². The molecule has 0 unspecified atom stereocenters. The minimum atomic E-state index is -3.83. The molecule has 1 amide bonds. The summed E-state index contributed by atoms with van der Waals surface area (Å²) in [5.74, 6) is 0.0275. The van der Waals surface area contributed by atoms with E-state index in [4.69, 9.17) is 9.47 Å². The highest BCUT2D eigenvalue weighted by molar-refractivity contribution is 7.91. The van der Waals surface area contributed by atoms with E-state index in [2.05, 4.69) is 25.5 Å². The number of sulfone groups is 1. The summed E-state index contributed by atoms with van der Waals surface area (Å²) in [6.07, 6.45) is 1.97. The first kappa shape index (κ1) is 28.6. The van der Waals surface area contributed by atoms with Gasteiger partial charge in [0.25, 0.3) is 5.91 Å². The Kier molecular flexibility index (Phi) is 8.73. The van der Waals surface area contributed by atoms with Crippen LogP contribution < -0.4 is 14.8 Å². The zero-order valence-corrected chi connectivity index (χ0v) is 23.3. The first-order valence-corrected chi connectivity index (χ1v) is 14.1. The Morgan fingerprint density at radius 2 is 1.70 bits per heavy atom. The Balaban J connectivity index is 1.83. The fourth-order valence-electron chi connectivity index (χ4n) is 4.10. The van der Waals surface area contributed by atoms with Gasteiger partial charge in [0.15, 0.2) is 27.3 Å². The Bertz CT molecular complexity index is 1590. The molecule has 1 N–H and O–H groups in total. The second-order valence-electron chi connectivity index (χ2n) is 8.87. The van der Waals surface area contributed by atoms with Crippen molar-refractivity contribution in [3.05, 3.63) is 77.9 Å². The Labute approximate surface area is 231 Å². The summed E-state index contributed by atoms with van der Waals surface area (Å²) >= 11 is 0. The number of nitrogens with zero attached hydrogens (tertiary/aromatic N) is 5. The molecule has 210 valence electrons. The molecule has 0 radical (unpaired) electrons. The van der Waals surface area contributed by atoms with Crippen molar-refractivity contribution >= 4 is 15.7 Å². The predicted octanol–water partition coefficient (Wildman–Crippen LogP) is 3.18. The third-order valence-corrected chi connectivity index (χ3v) is 8.22. The SMILES string of the molecule is CCNC(=O)c1cccc(-c2nnc(CS(=O)(=O)[C@H](C)Cc3ncc(F)cn3)n2-c2c(OC)cccc2OC)c1. The molecular formula is C27H29FN6O5S. The van der Waals surface area contributed by atoms with Gasteiger partial charge in [0.2, 0.25) is 0 Å². The second-order valence-corrected chi connectivity index (χ2v) is 11.3. The van der Waals surface area contributed by atoms with Gasteiger partial charge >= 0.3 is 0 Å². The van der Waals surface area contributed by atoms with Gasteiger partial charge in [-0.2, -0.15) is 0 Å². The van der Waals surface area contributed by atoms with Crippen LogP contribution in [-0.2, 0) is 22.0 Å². The van der Waals surface area contributed by atoms with Crippen LogP contribution in [-0.4, -0.2) is 65.1 Å². The summed E-state index contributed by atoms with van der Waals surface area (Å²) in [7, 11) is -0.861. The lowest BCUT2D eigenvalue weighted by atomic mass is 10.1. The molecule has 0 bridgehead atoms. The first-order chi connectivity index (χ1) is 19.2. The fraction of sp³-hybridized carbons (Fsp3) is 0.296. The predicted molar refractivity (Wildman–Crippen MR) is 146 cm³/mol. The van der Waals surface area contributed by atoms with Gasteiger partial charge in [-0.3, -0.25) is 9.36 Å². The van der Waals surface area contributed by atoms with E-state index in [0.29, 0.717) is 34.9 Å². The van der Waals surface area contributed by atoms with Crippen molar-refractivity contribution in [2.75, 3.05) is 20.8 Å². The van der Waals surface area contributed by atoms with Crippen LogP contribution in [0.25, 0.3) is 17.1 Å². The molecule has 0 aliphatic rings. The Morgan fingerprint density at radius 3 is 2.33 bits per heavy atom. The number of para-hydroxylation sites is 1. The molecule has 0 saturated heterocycles. The van der Waals surface area contributed by atoms with E-state index in [1.165, 1.54) is 21.1 Å². The summed E-state index contributed by atoms with van der Waals surface area (Å²) in [6.45, 7) is 3.81. The molecule has 2 aromatic heterocycles. The number of carbonyl (C=O) groups is 1. The zero-order chi connectivity index (χ0) is 28.9. The Hall–Kier alpha value is -4.39. The monoisotopic (exact) mass is 568 g/mol. The summed E-state index contributed by atoms with van der Waals surface area (Å²) in [5, 5.41) is 10.4. The number of ether oxygens (including phenoxy) is 2. The van der Waals surface area contributed by atoms with Gasteiger partial charge < -0.3 is 14.8 Å². The summed E-state index contributed by atoms with van der Waals surface area (Å²) < 4.78 is 53.0. The standard InChI is InChI=1S/C27H29FN6O5S/c1-5-29-27(35)19-9-6-8-18(13-19)26-33-32-24(34(26)25-21(38-3)10-7-11-22(25)39-4)16-40(36,37)17(2)12-23-30-14-20(28)15-31-23/h6-11,13-15,17H,5,12,16H2,1-4H3,(H,29,35)/t17-/m1/s1. The first-order valence-electron chi connectivity index (χ1n) is 12.4. The lowest BCUT2D eigenvalue weighted by molar-refractivity contribution is 0.0956.